The van der Waals surface area contributed by atoms with Crippen molar-refractivity contribution in [1.82, 2.24) is 5.32 Å². The molecule has 4 heteroatoms. The number of benzene rings is 2. The molecule has 0 unspecified atom stereocenters. The number of halogens is 2. The number of nitrogens with one attached hydrogen (secondary N) is 1. The quantitative estimate of drug-likeness (QED) is 0.844. The molecule has 1 fully saturated rings. The van der Waals surface area contributed by atoms with Gasteiger partial charge in [-0.3, -0.25) is 0 Å². The lowest BCUT2D eigenvalue weighted by Crippen LogP contribution is -2.15. The Morgan fingerprint density at radius 1 is 1.20 bits per heavy atom. The van der Waals surface area contributed by atoms with Crippen molar-refractivity contribution in [1.29, 1.82) is 0 Å². The van der Waals surface area contributed by atoms with Crippen LogP contribution in [0.3, 0.4) is 0 Å². The molecule has 0 radical (unpaired) electrons. The highest BCUT2D eigenvalue weighted by Gasteiger charge is 2.20. The topological polar surface area (TPSA) is 12.0 Å². The summed E-state index contributed by atoms with van der Waals surface area (Å²) in [5.74, 6) is -0.207. The van der Waals surface area contributed by atoms with Crippen LogP contribution >= 0.6 is 23.4 Å². The van der Waals surface area contributed by atoms with E-state index in [1.165, 1.54) is 24.5 Å². The maximum absolute atomic E-state index is 13.2. The monoisotopic (exact) mass is 307 g/mol. The third-order valence-electron chi connectivity index (χ3n) is 3.20. The van der Waals surface area contributed by atoms with Crippen LogP contribution in [0.15, 0.2) is 52.3 Å². The van der Waals surface area contributed by atoms with E-state index in [4.69, 9.17) is 11.6 Å². The van der Waals surface area contributed by atoms with Gasteiger partial charge in [0.15, 0.2) is 0 Å². The lowest BCUT2D eigenvalue weighted by molar-refractivity contribution is 0.624. The molecule has 1 aliphatic carbocycles. The van der Waals surface area contributed by atoms with Gasteiger partial charge in [-0.1, -0.05) is 29.4 Å². The molecule has 2 aromatic carbocycles. The molecule has 20 heavy (non-hydrogen) atoms. The highest BCUT2D eigenvalue weighted by atomic mass is 35.5. The summed E-state index contributed by atoms with van der Waals surface area (Å²) < 4.78 is 13.2. The lowest BCUT2D eigenvalue weighted by Gasteiger charge is -2.11. The Kier molecular flexibility index (Phi) is 4.29. The van der Waals surface area contributed by atoms with Gasteiger partial charge in [-0.15, -0.1) is 0 Å². The van der Waals surface area contributed by atoms with Crippen molar-refractivity contribution in [3.05, 3.63) is 58.9 Å². The Hall–Kier alpha value is -1.03. The summed E-state index contributed by atoms with van der Waals surface area (Å²) >= 11 is 7.65. The second-order valence-corrected chi connectivity index (χ2v) is 6.52. The molecular formula is C16H15ClFNS. The highest BCUT2D eigenvalue weighted by Crippen LogP contribution is 2.33. The molecular weight excluding hydrogens is 293 g/mol. The first-order chi connectivity index (χ1) is 9.70. The van der Waals surface area contributed by atoms with E-state index in [0.717, 1.165) is 21.4 Å². The molecule has 1 nitrogen and oxygen atoms in total. The molecule has 0 aromatic heterocycles. The second kappa shape index (κ2) is 6.17. The average molecular weight is 308 g/mol. The maximum atomic E-state index is 13.2. The Balaban J connectivity index is 1.79. The normalized spacial score (nSPS) is 14.5. The van der Waals surface area contributed by atoms with Gasteiger partial charge in [-0.05, 0) is 54.8 Å². The summed E-state index contributed by atoms with van der Waals surface area (Å²) in [4.78, 5) is 2.02. The van der Waals surface area contributed by atoms with E-state index in [2.05, 4.69) is 5.32 Å². The van der Waals surface area contributed by atoms with E-state index in [1.54, 1.807) is 23.9 Å². The predicted octanol–water partition coefficient (Wildman–Crippen LogP) is 4.88. The first kappa shape index (κ1) is 13.9. The van der Waals surface area contributed by atoms with Gasteiger partial charge in [-0.25, -0.2) is 4.39 Å². The summed E-state index contributed by atoms with van der Waals surface area (Å²) in [6, 6.07) is 13.2. The van der Waals surface area contributed by atoms with Crippen molar-refractivity contribution in [2.24, 2.45) is 0 Å². The molecule has 0 heterocycles. The molecule has 0 bridgehead atoms. The van der Waals surface area contributed by atoms with Gasteiger partial charge in [-0.2, -0.15) is 0 Å². The van der Waals surface area contributed by atoms with Gasteiger partial charge in [0.1, 0.15) is 5.82 Å². The standard InChI is InChI=1S/C16H15ClFNS/c17-12-4-7-16(11(8-12)10-19-14-5-6-14)20-15-3-1-2-13(18)9-15/h1-4,7-9,14,19H,5-6,10H2. The van der Waals surface area contributed by atoms with Crippen LogP contribution in [-0.2, 0) is 6.54 Å². The fourth-order valence-electron chi connectivity index (χ4n) is 1.98. The maximum Gasteiger partial charge on any atom is 0.124 e. The van der Waals surface area contributed by atoms with Crippen LogP contribution in [0, 0.1) is 5.82 Å². The third kappa shape index (κ3) is 3.75. The van der Waals surface area contributed by atoms with E-state index in [1.807, 2.05) is 24.3 Å². The second-order valence-electron chi connectivity index (χ2n) is 4.97. The van der Waals surface area contributed by atoms with E-state index in [0.29, 0.717) is 6.04 Å². The zero-order valence-corrected chi connectivity index (χ0v) is 12.5. The van der Waals surface area contributed by atoms with E-state index < -0.39 is 0 Å². The summed E-state index contributed by atoms with van der Waals surface area (Å²) in [6.07, 6.45) is 2.51. The Bertz CT molecular complexity index is 613. The number of hydrogen-bond acceptors (Lipinski definition) is 2. The molecule has 104 valence electrons. The number of rotatable bonds is 5. The SMILES string of the molecule is Fc1cccc(Sc2ccc(Cl)cc2CNC2CC2)c1. The summed E-state index contributed by atoms with van der Waals surface area (Å²) in [7, 11) is 0. The molecule has 2 aromatic rings. The van der Waals surface area contributed by atoms with Gasteiger partial charge in [0.05, 0.1) is 0 Å². The fraction of sp³-hybridized carbons (Fsp3) is 0.250. The minimum atomic E-state index is -0.207. The molecule has 3 rings (SSSR count). The first-order valence-electron chi connectivity index (χ1n) is 6.66. The fourth-order valence-corrected chi connectivity index (χ4v) is 3.15. The van der Waals surface area contributed by atoms with Crippen LogP contribution < -0.4 is 5.32 Å². The molecule has 0 atom stereocenters. The van der Waals surface area contributed by atoms with Crippen LogP contribution in [0.25, 0.3) is 0 Å². The predicted molar refractivity (Wildman–Crippen MR) is 81.8 cm³/mol. The Morgan fingerprint density at radius 2 is 2.05 bits per heavy atom. The van der Waals surface area contributed by atoms with Crippen molar-refractivity contribution in [3.63, 3.8) is 0 Å². The smallest absolute Gasteiger partial charge is 0.124 e. The molecule has 1 saturated carbocycles. The molecule has 0 amide bonds. The average Bonchev–Trinajstić information content (AvgIpc) is 3.23. The van der Waals surface area contributed by atoms with Crippen LogP contribution in [0.1, 0.15) is 18.4 Å². The largest absolute Gasteiger partial charge is 0.310 e. The molecule has 1 N–H and O–H groups in total. The van der Waals surface area contributed by atoms with E-state index in [9.17, 15) is 4.39 Å². The zero-order valence-electron chi connectivity index (χ0n) is 10.9. The van der Waals surface area contributed by atoms with Gasteiger partial charge in [0.25, 0.3) is 0 Å². The van der Waals surface area contributed by atoms with Gasteiger partial charge < -0.3 is 5.32 Å². The zero-order chi connectivity index (χ0) is 13.9. The summed E-state index contributed by atoms with van der Waals surface area (Å²) in [5, 5.41) is 4.23. The van der Waals surface area contributed by atoms with Crippen molar-refractivity contribution in [2.45, 2.75) is 35.2 Å². The van der Waals surface area contributed by atoms with Gasteiger partial charge in [0.2, 0.25) is 0 Å². The van der Waals surface area contributed by atoms with Crippen molar-refractivity contribution in [2.75, 3.05) is 0 Å². The summed E-state index contributed by atoms with van der Waals surface area (Å²) in [5.41, 5.74) is 1.17. The third-order valence-corrected chi connectivity index (χ3v) is 4.55. The van der Waals surface area contributed by atoms with Crippen LogP contribution in [0.4, 0.5) is 4.39 Å². The van der Waals surface area contributed by atoms with Crippen molar-refractivity contribution in [3.8, 4) is 0 Å². The van der Waals surface area contributed by atoms with Crippen molar-refractivity contribution >= 4 is 23.4 Å². The minimum Gasteiger partial charge on any atom is -0.310 e. The lowest BCUT2D eigenvalue weighted by atomic mass is 10.2. The first-order valence-corrected chi connectivity index (χ1v) is 7.85. The number of hydrogen-bond donors (Lipinski definition) is 1. The van der Waals surface area contributed by atoms with Crippen LogP contribution in [-0.4, -0.2) is 6.04 Å². The molecule has 0 aliphatic heterocycles. The van der Waals surface area contributed by atoms with Gasteiger partial charge >= 0.3 is 0 Å². The highest BCUT2D eigenvalue weighted by molar-refractivity contribution is 7.99. The van der Waals surface area contributed by atoms with E-state index >= 15 is 0 Å². The molecule has 0 saturated heterocycles. The Labute approximate surface area is 127 Å². The van der Waals surface area contributed by atoms with Gasteiger partial charge in [0, 0.05) is 27.4 Å². The van der Waals surface area contributed by atoms with Crippen LogP contribution in [0.5, 0.6) is 0 Å². The minimum absolute atomic E-state index is 0.207. The Morgan fingerprint density at radius 3 is 2.80 bits per heavy atom. The van der Waals surface area contributed by atoms with E-state index in [-0.39, 0.29) is 5.82 Å². The van der Waals surface area contributed by atoms with Crippen LogP contribution in [0.2, 0.25) is 5.02 Å². The molecule has 1 aliphatic rings. The van der Waals surface area contributed by atoms with Crippen molar-refractivity contribution < 1.29 is 4.39 Å². The molecule has 0 spiro atoms. The summed E-state index contributed by atoms with van der Waals surface area (Å²) in [6.45, 7) is 0.808.